The first-order valence-corrected chi connectivity index (χ1v) is 57.9. The lowest BCUT2D eigenvalue weighted by molar-refractivity contribution is -0.138. The maximum absolute atomic E-state index is 14.9. The molecule has 690 valence electrons. The predicted molar refractivity (Wildman–Crippen MR) is 574 cm³/mol. The number of fused-ring (bicyclic) bond motifs is 28. The lowest BCUT2D eigenvalue weighted by Gasteiger charge is -2.38. The van der Waals surface area contributed by atoms with E-state index in [1.807, 2.05) is 121 Å². The highest BCUT2D eigenvalue weighted by molar-refractivity contribution is 7.18. The molecule has 0 saturated carbocycles. The molecule has 0 atom stereocenters. The van der Waals surface area contributed by atoms with Gasteiger partial charge < -0.3 is 0 Å². The summed E-state index contributed by atoms with van der Waals surface area (Å²) in [5.74, 6) is 7.86. The highest BCUT2D eigenvalue weighted by Gasteiger charge is 2.45. The van der Waals surface area contributed by atoms with Crippen molar-refractivity contribution in [2.45, 2.75) is 133 Å². The topological polar surface area (TPSA) is 0 Å². The van der Waals surface area contributed by atoms with E-state index in [0.29, 0.717) is 50.0 Å². The van der Waals surface area contributed by atoms with E-state index in [1.54, 1.807) is 26.0 Å². The molecule has 8 aliphatic rings. The van der Waals surface area contributed by atoms with Crippen molar-refractivity contribution in [3.05, 3.63) is 376 Å². The molecule has 139 heavy (non-hydrogen) atoms. The van der Waals surface area contributed by atoms with Crippen molar-refractivity contribution in [2.24, 2.45) is 0 Å². The summed E-state index contributed by atoms with van der Waals surface area (Å²) in [4.78, 5) is 9.04. The van der Waals surface area contributed by atoms with Crippen molar-refractivity contribution in [1.29, 1.82) is 0 Å². The molecule has 0 spiro atoms. The quantitative estimate of drug-likeness (QED) is 0.0768. The van der Waals surface area contributed by atoms with Crippen molar-refractivity contribution in [3.8, 4) is 112 Å². The summed E-state index contributed by atoms with van der Waals surface area (Å²) in [6, 6.07) is 42.4. The molecule has 23 heteroatoms. The van der Waals surface area contributed by atoms with E-state index in [9.17, 15) is 43.9 Å². The normalized spacial score (nSPS) is 13.6. The number of rotatable bonds is 9. The van der Waals surface area contributed by atoms with Crippen LogP contribution in [-0.4, -0.2) is 8.07 Å². The zero-order chi connectivity index (χ0) is 96.8. The van der Waals surface area contributed by atoms with Crippen molar-refractivity contribution < 1.29 is 43.9 Å². The highest BCUT2D eigenvalue weighted by Crippen LogP contribution is 2.57. The van der Waals surface area contributed by atoms with Crippen LogP contribution in [-0.2, 0) is 12.4 Å². The van der Waals surface area contributed by atoms with Gasteiger partial charge in [-0.05, 0) is 275 Å². The summed E-state index contributed by atoms with van der Waals surface area (Å²) < 4.78 is 151. The van der Waals surface area contributed by atoms with Crippen LogP contribution in [0.25, 0.3) is 134 Å². The Balaban J connectivity index is 0.000000104. The third-order valence-electron chi connectivity index (χ3n) is 27.9. The van der Waals surface area contributed by atoms with Crippen molar-refractivity contribution >= 4 is 189 Å². The lowest BCUT2D eigenvalue weighted by atomic mass is 9.94. The van der Waals surface area contributed by atoms with Gasteiger partial charge in [0.25, 0.3) is 0 Å². The van der Waals surface area contributed by atoms with Gasteiger partial charge in [0, 0.05) is 179 Å². The van der Waals surface area contributed by atoms with E-state index >= 15 is 0 Å². The van der Waals surface area contributed by atoms with Gasteiger partial charge in [-0.2, -0.15) is 26.3 Å². The molecule has 0 bridgehead atoms. The van der Waals surface area contributed by atoms with E-state index in [0.717, 1.165) is 105 Å². The van der Waals surface area contributed by atoms with Crippen LogP contribution in [0.1, 0.15) is 176 Å². The van der Waals surface area contributed by atoms with Gasteiger partial charge in [0.05, 0.1) is 52.2 Å². The number of hydrogen-bond donors (Lipinski definition) is 0. The molecule has 0 aliphatic heterocycles. The maximum atomic E-state index is 14.9. The van der Waals surface area contributed by atoms with E-state index < -0.39 is 54.8 Å². The monoisotopic (exact) mass is 2070 g/mol. The molecule has 12 aromatic heterocycles. The van der Waals surface area contributed by atoms with E-state index in [-0.39, 0.29) is 11.1 Å². The maximum Gasteiger partial charge on any atom is 0.416 e. The molecule has 0 nitrogen and oxygen atoms in total. The molecule has 18 aromatic rings. The Labute approximate surface area is 845 Å². The van der Waals surface area contributed by atoms with Gasteiger partial charge in [-0.25, -0.2) is 17.6 Å². The lowest BCUT2D eigenvalue weighted by Crippen LogP contribution is -2.43. The standard InChI is InChI=1S/C32H26S3.C30H16F6S3.C28H28S3Si.C26H10F4S3/c1-15-11-17(3)23(18(4)12-15)27-29-21(7-9-33-29)25-26-22-8-10-34-30(22)28(32(26)35-31(25)27)24-19(5)13-16(2)14-20(24)6;1-13-7-15(11-17(9-13)29(31,32)33)21-25-19(3-5-37-25)23-24-20-4-6-38-26(20)22(28(24)39-27(21)23)16-8-14(2)10-18(12-16)30(34,35)36;1-8-9-21-25-19(10-13-29-25)23-24-20-11-14-30-26(20)22(28(24)31-27(21)23)12-15-32(16(2)3,17(4)5)18(6)7;27-13-3-1-4-14(28)19(13)21-23-11(7-9-31-23)17-18-12-8-10-32-24(12)22(26(18)33-25(17)21)20-15(29)5-2-6-16(20)30/h7-14H,1-6H3;3-12H,1-2H3;10-11,13-14,16-18H,1-7H3;1-10H. The Morgan fingerprint density at radius 2 is 0.504 bits per heavy atom. The first-order chi connectivity index (χ1) is 66.6. The number of alkyl halides is 6. The van der Waals surface area contributed by atoms with Crippen LogP contribution in [0, 0.1) is 102 Å². The number of benzene rings is 6. The first kappa shape index (κ1) is 92.1. The first-order valence-electron chi connectivity index (χ1n) is 45.4. The van der Waals surface area contributed by atoms with Crippen LogP contribution >= 0.6 is 136 Å². The van der Waals surface area contributed by atoms with Gasteiger partial charge in [0.2, 0.25) is 0 Å². The summed E-state index contributed by atoms with van der Waals surface area (Å²) in [7, 11) is -1.79. The number of hydrogen-bond acceptors (Lipinski definition) is 12. The smallest absolute Gasteiger partial charge is 0.206 e. The van der Waals surface area contributed by atoms with E-state index in [2.05, 4.69) is 176 Å². The molecular weight excluding hydrogens is 2000 g/mol. The molecular formula is C116H80F10S12Si. The predicted octanol–water partition coefficient (Wildman–Crippen LogP) is 31.5. The second kappa shape index (κ2) is 34.0. The molecule has 0 fully saturated rings. The van der Waals surface area contributed by atoms with Crippen molar-refractivity contribution in [2.75, 3.05) is 0 Å². The highest BCUT2D eigenvalue weighted by atomic mass is 32.1. The molecule has 26 rings (SSSR count). The number of halogens is 10. The van der Waals surface area contributed by atoms with Gasteiger partial charge in [-0.1, -0.05) is 113 Å². The van der Waals surface area contributed by atoms with Crippen LogP contribution in [0.3, 0.4) is 0 Å². The Morgan fingerprint density at radius 1 is 0.266 bits per heavy atom. The van der Waals surface area contributed by atoms with Crippen LogP contribution < -0.4 is 36.3 Å². The second-order valence-electron chi connectivity index (χ2n) is 37.3. The SMILES string of the molecule is CC#CC1=c2sc3c(c2-c2ccsc21)-c1ccsc1C=3C#C[Si](C(C)C)(C(C)C)C(C)C.Cc1cc(C)c(C2=c3sc4c(c3-c3ccsc32)-c2ccsc2C=4c2c(C)cc(C)cc2C)c(C)c1.Cc1cc(C2=c3sc4c(c3-c3ccsc32)-c2ccsc2C=4c2cc(C)cc(C(F)(F)F)c2)cc(C(F)(F)F)c1.Fc1cccc(F)c1C1=c2sc3c(c2-c2ccsc21)-c1ccsc1C=3c1c(F)cccc1F. The zero-order valence-electron chi connectivity index (χ0n) is 77.4. The fourth-order valence-corrected chi connectivity index (χ4v) is 41.8. The second-order valence-corrected chi connectivity index (χ2v) is 54.3. The summed E-state index contributed by atoms with van der Waals surface area (Å²) in [5.41, 5.74) is 44.0. The van der Waals surface area contributed by atoms with Gasteiger partial charge in [0.15, 0.2) is 0 Å². The van der Waals surface area contributed by atoms with Gasteiger partial charge >= 0.3 is 12.4 Å². The Morgan fingerprint density at radius 3 is 0.784 bits per heavy atom. The fourth-order valence-electron chi connectivity index (χ4n) is 22.8. The van der Waals surface area contributed by atoms with Gasteiger partial charge in [-0.15, -0.1) is 148 Å². The Bertz CT molecular complexity index is 8650. The molecule has 0 N–H and O–H groups in total. The van der Waals surface area contributed by atoms with Crippen molar-refractivity contribution in [1.82, 2.24) is 0 Å². The molecule has 8 aliphatic carbocycles. The minimum absolute atomic E-state index is 0.0657. The molecule has 0 amide bonds. The molecule has 0 unspecified atom stereocenters. The summed E-state index contributed by atoms with van der Waals surface area (Å²) in [6.45, 7) is 33.1. The molecule has 0 saturated heterocycles. The van der Waals surface area contributed by atoms with Crippen molar-refractivity contribution in [3.63, 3.8) is 0 Å². The summed E-state index contributed by atoms with van der Waals surface area (Å²) in [6.07, 6.45) is -8.96. The van der Waals surface area contributed by atoms with Crippen LogP contribution in [0.2, 0.25) is 16.6 Å². The third-order valence-corrected chi connectivity index (χ3v) is 46.6. The Kier molecular flexibility index (Phi) is 22.5. The van der Waals surface area contributed by atoms with Crippen LogP contribution in [0.15, 0.2) is 189 Å². The number of thiophene rings is 12. The van der Waals surface area contributed by atoms with Crippen LogP contribution in [0.4, 0.5) is 43.9 Å². The summed E-state index contributed by atoms with van der Waals surface area (Å²) >= 11 is 20.0. The third kappa shape index (κ3) is 14.1. The number of aryl methyl sites for hydroxylation is 8. The van der Waals surface area contributed by atoms with Gasteiger partial charge in [0.1, 0.15) is 31.3 Å². The van der Waals surface area contributed by atoms with E-state index in [4.69, 9.17) is 0 Å². The summed E-state index contributed by atoms with van der Waals surface area (Å²) in [5, 5.41) is 16.7. The minimum Gasteiger partial charge on any atom is -0.206 e. The zero-order valence-corrected chi connectivity index (χ0v) is 88.2. The minimum atomic E-state index is -4.48. The fraction of sp³-hybridized carbons (Fsp3) is 0.172. The average Bonchev–Trinajstić information content (AvgIpc) is 1.53. The average molecular weight is 2080 g/mol. The molecule has 0 radical (unpaired) electrons. The largest absolute Gasteiger partial charge is 0.416 e. The molecule has 12 heterocycles. The van der Waals surface area contributed by atoms with Crippen LogP contribution in [0.5, 0.6) is 0 Å². The Hall–Kier alpha value is -10.7. The molecule has 6 aromatic carbocycles. The van der Waals surface area contributed by atoms with E-state index in [1.165, 1.54) is 265 Å². The van der Waals surface area contributed by atoms with Gasteiger partial charge in [-0.3, -0.25) is 0 Å².